The Morgan fingerprint density at radius 3 is 3.05 bits per heavy atom. The number of carbonyl (C=O) groups is 1. The van der Waals surface area contributed by atoms with Crippen LogP contribution in [0.2, 0.25) is 5.02 Å². The molecular weight excluding hydrogens is 264 g/mol. The molecule has 0 spiro atoms. The standard InChI is InChI=1S/C14H19ClN2O2/c1-19-9-10-3-2-6-17(8-10)14(18)11-4-5-12(15)13(16)7-11/h4-5,7,10H,2-3,6,8-9,16H2,1H3. The molecule has 19 heavy (non-hydrogen) atoms. The normalized spacial score (nSPS) is 19.5. The highest BCUT2D eigenvalue weighted by atomic mass is 35.5. The fourth-order valence-electron chi connectivity index (χ4n) is 2.48. The molecule has 1 aromatic rings. The van der Waals surface area contributed by atoms with Gasteiger partial charge < -0.3 is 15.4 Å². The van der Waals surface area contributed by atoms with Gasteiger partial charge in [0.15, 0.2) is 0 Å². The van der Waals surface area contributed by atoms with Crippen molar-refractivity contribution in [3.8, 4) is 0 Å². The molecule has 0 aromatic heterocycles. The molecule has 0 radical (unpaired) electrons. The maximum absolute atomic E-state index is 12.4. The molecule has 1 saturated heterocycles. The average molecular weight is 283 g/mol. The highest BCUT2D eigenvalue weighted by molar-refractivity contribution is 6.33. The third-order valence-electron chi connectivity index (χ3n) is 3.45. The molecule has 1 fully saturated rings. The molecule has 0 bridgehead atoms. The molecule has 1 aromatic carbocycles. The van der Waals surface area contributed by atoms with E-state index in [2.05, 4.69) is 0 Å². The molecule has 4 nitrogen and oxygen atoms in total. The van der Waals surface area contributed by atoms with E-state index in [4.69, 9.17) is 22.1 Å². The van der Waals surface area contributed by atoms with Crippen molar-refractivity contribution in [1.82, 2.24) is 4.90 Å². The van der Waals surface area contributed by atoms with Crippen LogP contribution in [0.25, 0.3) is 0 Å². The zero-order valence-electron chi connectivity index (χ0n) is 11.1. The Morgan fingerprint density at radius 2 is 2.37 bits per heavy atom. The Bertz CT molecular complexity index is 463. The third-order valence-corrected chi connectivity index (χ3v) is 3.80. The van der Waals surface area contributed by atoms with Crippen molar-refractivity contribution >= 4 is 23.2 Å². The van der Waals surface area contributed by atoms with E-state index in [0.29, 0.717) is 28.8 Å². The van der Waals surface area contributed by atoms with Crippen LogP contribution in [0.1, 0.15) is 23.2 Å². The van der Waals surface area contributed by atoms with Gasteiger partial charge in [-0.2, -0.15) is 0 Å². The van der Waals surface area contributed by atoms with Gasteiger partial charge in [-0.05, 0) is 37.0 Å². The summed E-state index contributed by atoms with van der Waals surface area (Å²) in [5, 5.41) is 0.479. The van der Waals surface area contributed by atoms with E-state index >= 15 is 0 Å². The summed E-state index contributed by atoms with van der Waals surface area (Å²) in [6.45, 7) is 2.24. The van der Waals surface area contributed by atoms with E-state index in [1.165, 1.54) is 0 Å². The summed E-state index contributed by atoms with van der Waals surface area (Å²) in [7, 11) is 1.70. The number of ether oxygens (including phenoxy) is 1. The number of carbonyl (C=O) groups excluding carboxylic acids is 1. The molecule has 2 N–H and O–H groups in total. The van der Waals surface area contributed by atoms with E-state index in [1.54, 1.807) is 25.3 Å². The molecule has 1 heterocycles. The van der Waals surface area contributed by atoms with Crippen LogP contribution >= 0.6 is 11.6 Å². The average Bonchev–Trinajstić information content (AvgIpc) is 2.42. The number of hydrogen-bond donors (Lipinski definition) is 1. The maximum atomic E-state index is 12.4. The van der Waals surface area contributed by atoms with Gasteiger partial charge >= 0.3 is 0 Å². The van der Waals surface area contributed by atoms with E-state index < -0.39 is 0 Å². The van der Waals surface area contributed by atoms with Crippen molar-refractivity contribution < 1.29 is 9.53 Å². The first-order valence-electron chi connectivity index (χ1n) is 6.45. The Morgan fingerprint density at radius 1 is 1.58 bits per heavy atom. The molecule has 5 heteroatoms. The first-order chi connectivity index (χ1) is 9.11. The van der Waals surface area contributed by atoms with Crippen molar-refractivity contribution in [2.75, 3.05) is 32.5 Å². The van der Waals surface area contributed by atoms with Gasteiger partial charge in [-0.25, -0.2) is 0 Å². The van der Waals surface area contributed by atoms with Crippen LogP contribution in [-0.2, 0) is 4.74 Å². The minimum absolute atomic E-state index is 0.0177. The summed E-state index contributed by atoms with van der Waals surface area (Å²) in [6.07, 6.45) is 2.13. The minimum Gasteiger partial charge on any atom is -0.398 e. The predicted molar refractivity (Wildman–Crippen MR) is 76.4 cm³/mol. The van der Waals surface area contributed by atoms with Crippen molar-refractivity contribution in [3.05, 3.63) is 28.8 Å². The van der Waals surface area contributed by atoms with Crippen molar-refractivity contribution in [2.24, 2.45) is 5.92 Å². The number of nitrogen functional groups attached to an aromatic ring is 1. The topological polar surface area (TPSA) is 55.6 Å². The molecule has 1 aliphatic heterocycles. The summed E-state index contributed by atoms with van der Waals surface area (Å²) < 4.78 is 5.17. The summed E-state index contributed by atoms with van der Waals surface area (Å²) >= 11 is 5.87. The number of halogens is 1. The number of likely N-dealkylation sites (tertiary alicyclic amines) is 1. The number of methoxy groups -OCH3 is 1. The first kappa shape index (κ1) is 14.2. The summed E-state index contributed by atoms with van der Waals surface area (Å²) in [4.78, 5) is 14.3. The number of nitrogens with two attached hydrogens (primary N) is 1. The van der Waals surface area contributed by atoms with E-state index in [9.17, 15) is 4.79 Å². The minimum atomic E-state index is 0.0177. The quantitative estimate of drug-likeness (QED) is 0.866. The first-order valence-corrected chi connectivity index (χ1v) is 6.83. The summed E-state index contributed by atoms with van der Waals surface area (Å²) in [5.74, 6) is 0.441. The van der Waals surface area contributed by atoms with Crippen LogP contribution in [0.15, 0.2) is 18.2 Å². The number of benzene rings is 1. The Hall–Kier alpha value is -1.26. The summed E-state index contributed by atoms with van der Waals surface area (Å²) in [5.41, 5.74) is 6.78. The Labute approximate surface area is 118 Å². The summed E-state index contributed by atoms with van der Waals surface area (Å²) in [6, 6.07) is 5.03. The van der Waals surface area contributed by atoms with Gasteiger partial charge in [0.05, 0.1) is 17.3 Å². The van der Waals surface area contributed by atoms with Crippen LogP contribution in [0.4, 0.5) is 5.69 Å². The van der Waals surface area contributed by atoms with E-state index in [1.807, 2.05) is 4.90 Å². The molecular formula is C14H19ClN2O2. The lowest BCUT2D eigenvalue weighted by Crippen LogP contribution is -2.41. The van der Waals surface area contributed by atoms with E-state index in [0.717, 1.165) is 25.9 Å². The second-order valence-electron chi connectivity index (χ2n) is 4.95. The lowest BCUT2D eigenvalue weighted by molar-refractivity contribution is 0.0571. The number of anilines is 1. The van der Waals surface area contributed by atoms with Gasteiger partial charge in [0.1, 0.15) is 0 Å². The van der Waals surface area contributed by atoms with Gasteiger partial charge in [0.2, 0.25) is 0 Å². The van der Waals surface area contributed by atoms with Gasteiger partial charge in [-0.15, -0.1) is 0 Å². The Balaban J connectivity index is 2.08. The molecule has 1 amide bonds. The molecule has 1 unspecified atom stereocenters. The lowest BCUT2D eigenvalue weighted by atomic mass is 9.98. The van der Waals surface area contributed by atoms with Crippen molar-refractivity contribution in [3.63, 3.8) is 0 Å². The zero-order chi connectivity index (χ0) is 13.8. The van der Waals surface area contributed by atoms with Gasteiger partial charge in [-0.1, -0.05) is 11.6 Å². The number of amides is 1. The highest BCUT2D eigenvalue weighted by Crippen LogP contribution is 2.23. The number of nitrogens with zero attached hydrogens (tertiary/aromatic N) is 1. The number of rotatable bonds is 3. The zero-order valence-corrected chi connectivity index (χ0v) is 11.8. The van der Waals surface area contributed by atoms with Gasteiger partial charge in [0, 0.05) is 25.8 Å². The van der Waals surface area contributed by atoms with Crippen LogP contribution in [0.3, 0.4) is 0 Å². The predicted octanol–water partition coefficient (Wildman–Crippen LogP) is 2.42. The van der Waals surface area contributed by atoms with Crippen LogP contribution < -0.4 is 5.73 Å². The van der Waals surface area contributed by atoms with Crippen molar-refractivity contribution in [1.29, 1.82) is 0 Å². The van der Waals surface area contributed by atoms with Crippen molar-refractivity contribution in [2.45, 2.75) is 12.8 Å². The second-order valence-corrected chi connectivity index (χ2v) is 5.36. The molecule has 1 aliphatic rings. The molecule has 104 valence electrons. The van der Waals surface area contributed by atoms with E-state index in [-0.39, 0.29) is 5.91 Å². The lowest BCUT2D eigenvalue weighted by Gasteiger charge is -2.32. The third kappa shape index (κ3) is 3.39. The largest absolute Gasteiger partial charge is 0.398 e. The monoisotopic (exact) mass is 282 g/mol. The molecule has 0 saturated carbocycles. The number of piperidine rings is 1. The SMILES string of the molecule is COCC1CCCN(C(=O)c2ccc(Cl)c(N)c2)C1. The van der Waals surface area contributed by atoms with Gasteiger partial charge in [0.25, 0.3) is 5.91 Å². The van der Waals surface area contributed by atoms with Crippen LogP contribution in [-0.4, -0.2) is 37.6 Å². The van der Waals surface area contributed by atoms with Crippen LogP contribution in [0, 0.1) is 5.92 Å². The Kier molecular flexibility index (Phi) is 4.66. The van der Waals surface area contributed by atoms with Gasteiger partial charge in [-0.3, -0.25) is 4.79 Å². The number of hydrogen-bond acceptors (Lipinski definition) is 3. The smallest absolute Gasteiger partial charge is 0.253 e. The fraction of sp³-hybridized carbons (Fsp3) is 0.500. The molecule has 0 aliphatic carbocycles. The fourth-order valence-corrected chi connectivity index (χ4v) is 2.60. The highest BCUT2D eigenvalue weighted by Gasteiger charge is 2.24. The molecule has 1 atom stereocenters. The molecule has 2 rings (SSSR count). The second kappa shape index (κ2) is 6.26. The maximum Gasteiger partial charge on any atom is 0.253 e. The van der Waals surface area contributed by atoms with Crippen LogP contribution in [0.5, 0.6) is 0 Å².